The lowest BCUT2D eigenvalue weighted by molar-refractivity contribution is 0.0946. The van der Waals surface area contributed by atoms with Gasteiger partial charge in [0.05, 0.1) is 13.2 Å². The molecular formula is C17H22N4O3. The Bertz CT molecular complexity index is 700. The summed E-state index contributed by atoms with van der Waals surface area (Å²) in [7, 11) is 1.64. The molecule has 1 aromatic heterocycles. The van der Waals surface area contributed by atoms with Gasteiger partial charge in [0.2, 0.25) is 0 Å². The number of ether oxygens (including phenoxy) is 1. The van der Waals surface area contributed by atoms with E-state index in [2.05, 4.69) is 15.7 Å². The van der Waals surface area contributed by atoms with Gasteiger partial charge in [-0.25, -0.2) is 4.68 Å². The minimum Gasteiger partial charge on any atom is -0.383 e. The third-order valence-electron chi connectivity index (χ3n) is 3.34. The molecule has 0 bridgehead atoms. The molecule has 0 saturated carbocycles. The molecule has 1 aromatic carbocycles. The van der Waals surface area contributed by atoms with E-state index in [4.69, 9.17) is 4.74 Å². The zero-order valence-corrected chi connectivity index (χ0v) is 13.7. The van der Waals surface area contributed by atoms with Crippen LogP contribution in [0.5, 0.6) is 0 Å². The van der Waals surface area contributed by atoms with Crippen molar-refractivity contribution >= 4 is 5.91 Å². The number of hydrogen-bond acceptors (Lipinski definition) is 5. The maximum absolute atomic E-state index is 12.1. The van der Waals surface area contributed by atoms with Crippen molar-refractivity contribution in [3.63, 3.8) is 0 Å². The van der Waals surface area contributed by atoms with Gasteiger partial charge < -0.3 is 15.4 Å². The second kappa shape index (κ2) is 9.59. The fourth-order valence-electron chi connectivity index (χ4n) is 2.09. The van der Waals surface area contributed by atoms with Crippen LogP contribution in [0.25, 0.3) is 0 Å². The van der Waals surface area contributed by atoms with E-state index in [9.17, 15) is 9.59 Å². The number of nitrogens with one attached hydrogen (secondary N) is 2. The third kappa shape index (κ3) is 5.60. The largest absolute Gasteiger partial charge is 0.383 e. The second-order valence-corrected chi connectivity index (χ2v) is 5.20. The average molecular weight is 330 g/mol. The quantitative estimate of drug-likeness (QED) is 0.644. The highest BCUT2D eigenvalue weighted by Gasteiger charge is 2.09. The lowest BCUT2D eigenvalue weighted by atomic mass is 10.2. The number of hydrogen-bond donors (Lipinski definition) is 2. The molecule has 0 aliphatic carbocycles. The number of amides is 1. The normalized spacial score (nSPS) is 10.5. The van der Waals surface area contributed by atoms with Crippen LogP contribution in [0.2, 0.25) is 0 Å². The monoisotopic (exact) mass is 330 g/mol. The van der Waals surface area contributed by atoms with Gasteiger partial charge in [0.15, 0.2) is 0 Å². The zero-order valence-electron chi connectivity index (χ0n) is 13.7. The Morgan fingerprint density at radius 1 is 1.12 bits per heavy atom. The fraction of sp³-hybridized carbons (Fsp3) is 0.353. The molecule has 128 valence electrons. The Kier molecular flexibility index (Phi) is 7.13. The summed E-state index contributed by atoms with van der Waals surface area (Å²) < 4.78 is 6.21. The van der Waals surface area contributed by atoms with Gasteiger partial charge in [0, 0.05) is 32.8 Å². The highest BCUT2D eigenvalue weighted by molar-refractivity contribution is 5.91. The van der Waals surface area contributed by atoms with E-state index in [1.165, 1.54) is 16.8 Å². The molecule has 1 heterocycles. The van der Waals surface area contributed by atoms with E-state index in [1.807, 2.05) is 30.3 Å². The number of rotatable bonds is 9. The highest BCUT2D eigenvalue weighted by atomic mass is 16.5. The summed E-state index contributed by atoms with van der Waals surface area (Å²) in [5.74, 6) is -0.301. The molecular weight excluding hydrogens is 308 g/mol. The number of methoxy groups -OCH3 is 1. The zero-order chi connectivity index (χ0) is 17.2. The predicted octanol–water partition coefficient (Wildman–Crippen LogP) is 0.257. The molecule has 24 heavy (non-hydrogen) atoms. The molecule has 2 aromatic rings. The molecule has 1 amide bonds. The summed E-state index contributed by atoms with van der Waals surface area (Å²) in [6, 6.07) is 12.3. The lowest BCUT2D eigenvalue weighted by Gasteiger charge is -2.08. The summed E-state index contributed by atoms with van der Waals surface area (Å²) >= 11 is 0. The molecule has 0 aliphatic rings. The molecule has 0 saturated heterocycles. The van der Waals surface area contributed by atoms with Gasteiger partial charge in [-0.05, 0) is 11.6 Å². The van der Waals surface area contributed by atoms with E-state index < -0.39 is 0 Å². The van der Waals surface area contributed by atoms with Crippen LogP contribution >= 0.6 is 0 Å². The molecule has 0 unspecified atom stereocenters. The molecule has 0 spiro atoms. The van der Waals surface area contributed by atoms with E-state index >= 15 is 0 Å². The maximum Gasteiger partial charge on any atom is 0.271 e. The molecule has 7 nitrogen and oxygen atoms in total. The summed E-state index contributed by atoms with van der Waals surface area (Å²) in [6.45, 7) is 2.80. The molecule has 7 heteroatoms. The Morgan fingerprint density at radius 2 is 1.92 bits per heavy atom. The van der Waals surface area contributed by atoms with Crippen LogP contribution in [0.1, 0.15) is 16.1 Å². The standard InChI is InChI=1S/C17H22N4O3/c1-24-12-11-18-9-10-19-17(23)15-7-8-16(22)21(20-15)13-14-5-3-2-4-6-14/h2-8,18H,9-13H2,1H3,(H,19,23). The van der Waals surface area contributed by atoms with Gasteiger partial charge in [-0.3, -0.25) is 9.59 Å². The second-order valence-electron chi connectivity index (χ2n) is 5.20. The van der Waals surface area contributed by atoms with Crippen molar-refractivity contribution in [1.29, 1.82) is 0 Å². The number of nitrogens with zero attached hydrogens (tertiary/aromatic N) is 2. The Balaban J connectivity index is 1.92. The third-order valence-corrected chi connectivity index (χ3v) is 3.34. The van der Waals surface area contributed by atoms with Gasteiger partial charge in [-0.2, -0.15) is 5.10 Å². The van der Waals surface area contributed by atoms with Crippen molar-refractivity contribution in [2.24, 2.45) is 0 Å². The smallest absolute Gasteiger partial charge is 0.271 e. The number of carbonyl (C=O) groups is 1. The van der Waals surface area contributed by atoms with Crippen molar-refractivity contribution < 1.29 is 9.53 Å². The van der Waals surface area contributed by atoms with Crippen LogP contribution in [0.4, 0.5) is 0 Å². The minimum atomic E-state index is -0.301. The number of carbonyl (C=O) groups excluding carboxylic acids is 1. The summed E-state index contributed by atoms with van der Waals surface area (Å²) in [5, 5.41) is 10.0. The van der Waals surface area contributed by atoms with E-state index in [1.54, 1.807) is 7.11 Å². The Morgan fingerprint density at radius 3 is 2.67 bits per heavy atom. The molecule has 0 fully saturated rings. The van der Waals surface area contributed by atoms with Gasteiger partial charge in [0.1, 0.15) is 5.69 Å². The van der Waals surface area contributed by atoms with E-state index in [0.29, 0.717) is 26.2 Å². The fourth-order valence-corrected chi connectivity index (χ4v) is 2.09. The van der Waals surface area contributed by atoms with E-state index in [0.717, 1.165) is 12.1 Å². The van der Waals surface area contributed by atoms with E-state index in [-0.39, 0.29) is 17.2 Å². The van der Waals surface area contributed by atoms with Crippen LogP contribution in [0.3, 0.4) is 0 Å². The van der Waals surface area contributed by atoms with Crippen LogP contribution in [0.15, 0.2) is 47.3 Å². The topological polar surface area (TPSA) is 85.3 Å². The first-order valence-corrected chi connectivity index (χ1v) is 7.80. The number of aromatic nitrogens is 2. The summed E-state index contributed by atoms with van der Waals surface area (Å²) in [4.78, 5) is 24.0. The number of benzene rings is 1. The van der Waals surface area contributed by atoms with Gasteiger partial charge in [0.25, 0.3) is 11.5 Å². The molecule has 0 atom stereocenters. The van der Waals surface area contributed by atoms with Gasteiger partial charge in [-0.15, -0.1) is 0 Å². The van der Waals surface area contributed by atoms with Crippen molar-refractivity contribution in [2.45, 2.75) is 6.54 Å². The highest BCUT2D eigenvalue weighted by Crippen LogP contribution is 2.00. The van der Waals surface area contributed by atoms with Crippen LogP contribution in [0, 0.1) is 0 Å². The SMILES string of the molecule is COCCNCCNC(=O)c1ccc(=O)n(Cc2ccccc2)n1. The van der Waals surface area contributed by atoms with Crippen LogP contribution in [-0.4, -0.2) is 49.0 Å². The summed E-state index contributed by atoms with van der Waals surface area (Å²) in [6.07, 6.45) is 0. The minimum absolute atomic E-state index is 0.224. The van der Waals surface area contributed by atoms with Gasteiger partial charge in [-0.1, -0.05) is 30.3 Å². The molecule has 0 radical (unpaired) electrons. The summed E-state index contributed by atoms with van der Waals surface area (Å²) in [5.41, 5.74) is 0.936. The van der Waals surface area contributed by atoms with Crippen molar-refractivity contribution in [3.8, 4) is 0 Å². The van der Waals surface area contributed by atoms with Crippen molar-refractivity contribution in [2.75, 3.05) is 33.4 Å². The van der Waals surface area contributed by atoms with Crippen LogP contribution in [-0.2, 0) is 11.3 Å². The lowest BCUT2D eigenvalue weighted by Crippen LogP contribution is -2.34. The Hall–Kier alpha value is -2.51. The Labute approximate surface area is 140 Å². The van der Waals surface area contributed by atoms with Crippen molar-refractivity contribution in [1.82, 2.24) is 20.4 Å². The first kappa shape index (κ1) is 17.8. The van der Waals surface area contributed by atoms with Gasteiger partial charge >= 0.3 is 0 Å². The first-order valence-electron chi connectivity index (χ1n) is 7.80. The average Bonchev–Trinajstić information content (AvgIpc) is 2.60. The molecule has 0 aliphatic heterocycles. The molecule has 2 rings (SSSR count). The van der Waals surface area contributed by atoms with Crippen molar-refractivity contribution in [3.05, 3.63) is 64.1 Å². The maximum atomic E-state index is 12.1. The predicted molar refractivity (Wildman–Crippen MR) is 91.1 cm³/mol. The molecule has 2 N–H and O–H groups in total. The first-order chi connectivity index (χ1) is 11.7. The van der Waals surface area contributed by atoms with Crippen LogP contribution < -0.4 is 16.2 Å².